The number of amides is 1. The van der Waals surface area contributed by atoms with Gasteiger partial charge in [0, 0.05) is 36.0 Å². The van der Waals surface area contributed by atoms with E-state index < -0.39 is 23.9 Å². The number of carboxylic acid groups (broad SMARTS) is 1. The summed E-state index contributed by atoms with van der Waals surface area (Å²) in [5, 5.41) is 12.9. The molecular weight excluding hydrogens is 459 g/mol. The molecule has 182 valence electrons. The first kappa shape index (κ1) is 23.4. The molecule has 5 rings (SSSR count). The number of aromatic nitrogens is 1. The van der Waals surface area contributed by atoms with Gasteiger partial charge in [-0.05, 0) is 46.0 Å². The van der Waals surface area contributed by atoms with Gasteiger partial charge in [-0.3, -0.25) is 0 Å². The molecule has 1 amide bonds. The molecule has 0 saturated carbocycles. The van der Waals surface area contributed by atoms with Gasteiger partial charge < -0.3 is 19.7 Å². The molecule has 2 N–H and O–H groups in total. The number of ether oxygens (including phenoxy) is 1. The zero-order valence-electron chi connectivity index (χ0n) is 19.5. The summed E-state index contributed by atoms with van der Waals surface area (Å²) in [5.41, 5.74) is 5.72. The topological polar surface area (TPSA) is 80.6 Å². The summed E-state index contributed by atoms with van der Waals surface area (Å²) >= 11 is 0. The highest BCUT2D eigenvalue weighted by molar-refractivity contribution is 5.86. The zero-order chi connectivity index (χ0) is 25.2. The van der Waals surface area contributed by atoms with Gasteiger partial charge in [0.15, 0.2) is 0 Å². The number of rotatable bonds is 8. The number of fused-ring (bicyclic) bond motifs is 4. The average molecular weight is 485 g/mol. The van der Waals surface area contributed by atoms with Gasteiger partial charge in [-0.1, -0.05) is 54.6 Å². The fourth-order valence-electron chi connectivity index (χ4n) is 5.00. The number of carboxylic acids is 1. The molecule has 0 unspecified atom stereocenters. The lowest BCUT2D eigenvalue weighted by molar-refractivity contribution is -0.139. The van der Waals surface area contributed by atoms with E-state index in [1.807, 2.05) is 53.1 Å². The van der Waals surface area contributed by atoms with Crippen LogP contribution < -0.4 is 5.32 Å². The van der Waals surface area contributed by atoms with Crippen molar-refractivity contribution in [3.63, 3.8) is 0 Å². The fourth-order valence-corrected chi connectivity index (χ4v) is 5.00. The summed E-state index contributed by atoms with van der Waals surface area (Å²) in [5.74, 6) is -1.76. The van der Waals surface area contributed by atoms with E-state index in [1.54, 1.807) is 18.3 Å². The number of allylic oxidation sites excluding steroid dienone is 1. The average Bonchev–Trinajstić information content (AvgIpc) is 3.37. The predicted molar refractivity (Wildman–Crippen MR) is 135 cm³/mol. The molecule has 0 saturated heterocycles. The normalized spacial score (nSPS) is 13.1. The number of halogens is 1. The molecule has 3 aromatic carbocycles. The van der Waals surface area contributed by atoms with E-state index >= 15 is 0 Å². The Morgan fingerprint density at radius 2 is 1.75 bits per heavy atom. The van der Waals surface area contributed by atoms with Crippen LogP contribution in [0.15, 0.2) is 85.6 Å². The lowest BCUT2D eigenvalue weighted by atomic mass is 9.98. The Balaban J connectivity index is 1.31. The highest BCUT2D eigenvalue weighted by Crippen LogP contribution is 2.44. The molecule has 4 aromatic rings. The number of nitrogens with one attached hydrogen (secondary N) is 1. The smallest absolute Gasteiger partial charge is 0.407 e. The maximum atomic E-state index is 13.9. The molecular formula is C29H25FN2O4. The van der Waals surface area contributed by atoms with Crippen LogP contribution in [0.25, 0.3) is 22.0 Å². The van der Waals surface area contributed by atoms with Crippen molar-refractivity contribution in [2.45, 2.75) is 24.9 Å². The van der Waals surface area contributed by atoms with Gasteiger partial charge >= 0.3 is 12.1 Å². The molecule has 0 spiro atoms. The van der Waals surface area contributed by atoms with Gasteiger partial charge in [-0.2, -0.15) is 0 Å². The first-order valence-electron chi connectivity index (χ1n) is 11.7. The van der Waals surface area contributed by atoms with Crippen molar-refractivity contribution in [2.75, 3.05) is 6.61 Å². The molecule has 1 atom stereocenters. The Bertz CT molecular complexity index is 1430. The van der Waals surface area contributed by atoms with Gasteiger partial charge in [-0.25, -0.2) is 14.0 Å². The summed E-state index contributed by atoms with van der Waals surface area (Å²) < 4.78 is 21.3. The number of hydrogen-bond acceptors (Lipinski definition) is 3. The Hall–Kier alpha value is -4.39. The minimum Gasteiger partial charge on any atom is -0.480 e. The second-order valence-electron chi connectivity index (χ2n) is 8.82. The van der Waals surface area contributed by atoms with Crippen LogP contribution in [0.2, 0.25) is 0 Å². The van der Waals surface area contributed by atoms with Crippen LogP contribution in [0.4, 0.5) is 9.18 Å². The highest BCUT2D eigenvalue weighted by atomic mass is 19.1. The van der Waals surface area contributed by atoms with Gasteiger partial charge in [-0.15, -0.1) is 6.58 Å². The van der Waals surface area contributed by atoms with E-state index in [-0.39, 0.29) is 18.9 Å². The monoisotopic (exact) mass is 484 g/mol. The zero-order valence-corrected chi connectivity index (χ0v) is 19.5. The molecule has 1 aliphatic carbocycles. The number of benzene rings is 3. The number of aliphatic carboxylic acids is 1. The standard InChI is InChI=1S/C29H25FN2O4/c1-2-13-32-16-18(24-15-19(30)11-12-27(24)32)14-26(28(33)34)31-29(35)36-17-25-22-9-5-3-7-20(22)21-8-4-6-10-23(21)25/h2-12,15-16,25-26H,1,13-14,17H2,(H,31,35)(H,33,34)/t26-/m1/s1. The Kier molecular flexibility index (Phi) is 6.29. The Labute approximate surface area is 207 Å². The van der Waals surface area contributed by atoms with Gasteiger partial charge in [0.25, 0.3) is 0 Å². The van der Waals surface area contributed by atoms with Crippen LogP contribution >= 0.6 is 0 Å². The van der Waals surface area contributed by atoms with Crippen molar-refractivity contribution in [1.82, 2.24) is 9.88 Å². The van der Waals surface area contributed by atoms with Crippen molar-refractivity contribution >= 4 is 23.0 Å². The molecule has 36 heavy (non-hydrogen) atoms. The van der Waals surface area contributed by atoms with E-state index in [4.69, 9.17) is 4.74 Å². The third-order valence-corrected chi connectivity index (χ3v) is 6.61. The van der Waals surface area contributed by atoms with E-state index in [0.29, 0.717) is 17.5 Å². The first-order chi connectivity index (χ1) is 17.5. The Morgan fingerprint density at radius 1 is 1.08 bits per heavy atom. The molecule has 6 nitrogen and oxygen atoms in total. The molecule has 0 radical (unpaired) electrons. The third kappa shape index (κ3) is 4.35. The van der Waals surface area contributed by atoms with Gasteiger partial charge in [0.05, 0.1) is 0 Å². The van der Waals surface area contributed by atoms with Gasteiger partial charge in [0.1, 0.15) is 18.5 Å². The largest absolute Gasteiger partial charge is 0.480 e. The van der Waals surface area contributed by atoms with E-state index in [1.165, 1.54) is 12.1 Å². The first-order valence-corrected chi connectivity index (χ1v) is 11.7. The summed E-state index contributed by atoms with van der Waals surface area (Å²) in [6, 6.07) is 19.1. The lowest BCUT2D eigenvalue weighted by Gasteiger charge is -2.17. The van der Waals surface area contributed by atoms with Gasteiger partial charge in [0.2, 0.25) is 0 Å². The fraction of sp³-hybridized carbons (Fsp3) is 0.172. The van der Waals surface area contributed by atoms with Crippen molar-refractivity contribution in [1.29, 1.82) is 0 Å². The van der Waals surface area contributed by atoms with Crippen LogP contribution in [0, 0.1) is 5.82 Å². The third-order valence-electron chi connectivity index (χ3n) is 6.61. The van der Waals surface area contributed by atoms with E-state index in [0.717, 1.165) is 27.8 Å². The predicted octanol–water partition coefficient (Wildman–Crippen LogP) is 5.50. The summed E-state index contributed by atoms with van der Waals surface area (Å²) in [4.78, 5) is 24.7. The minimum atomic E-state index is -1.24. The van der Waals surface area contributed by atoms with Crippen molar-refractivity contribution < 1.29 is 23.8 Å². The molecule has 1 heterocycles. The molecule has 7 heteroatoms. The van der Waals surface area contributed by atoms with Crippen molar-refractivity contribution in [3.05, 3.63) is 108 Å². The lowest BCUT2D eigenvalue weighted by Crippen LogP contribution is -2.42. The van der Waals surface area contributed by atoms with Crippen LogP contribution in [-0.2, 0) is 22.5 Å². The second kappa shape index (κ2) is 9.70. The van der Waals surface area contributed by atoms with E-state index in [9.17, 15) is 19.1 Å². The number of hydrogen-bond donors (Lipinski definition) is 2. The maximum absolute atomic E-state index is 13.9. The molecule has 1 aliphatic rings. The van der Waals surface area contributed by atoms with Crippen LogP contribution in [0.1, 0.15) is 22.6 Å². The quantitative estimate of drug-likeness (QED) is 0.324. The van der Waals surface area contributed by atoms with Crippen LogP contribution in [0.5, 0.6) is 0 Å². The van der Waals surface area contributed by atoms with Crippen molar-refractivity contribution in [2.24, 2.45) is 0 Å². The Morgan fingerprint density at radius 3 is 2.39 bits per heavy atom. The molecule has 0 aliphatic heterocycles. The maximum Gasteiger partial charge on any atom is 0.407 e. The molecule has 1 aromatic heterocycles. The number of nitrogens with zero attached hydrogens (tertiary/aromatic N) is 1. The number of alkyl carbamates (subject to hydrolysis) is 1. The summed E-state index contributed by atoms with van der Waals surface area (Å²) in [6.07, 6.45) is 2.63. The number of carbonyl (C=O) groups excluding carboxylic acids is 1. The minimum absolute atomic E-state index is 0.0242. The SMILES string of the molecule is C=CCn1cc(C[C@@H](NC(=O)OCC2c3ccccc3-c3ccccc32)C(=O)O)c2cc(F)ccc21. The van der Waals surface area contributed by atoms with Crippen LogP contribution in [-0.4, -0.2) is 34.4 Å². The van der Waals surface area contributed by atoms with E-state index in [2.05, 4.69) is 11.9 Å². The molecule has 0 bridgehead atoms. The summed E-state index contributed by atoms with van der Waals surface area (Å²) in [6.45, 7) is 4.30. The summed E-state index contributed by atoms with van der Waals surface area (Å²) in [7, 11) is 0. The van der Waals surface area contributed by atoms with Crippen LogP contribution in [0.3, 0.4) is 0 Å². The second-order valence-corrected chi connectivity index (χ2v) is 8.82. The highest BCUT2D eigenvalue weighted by Gasteiger charge is 2.30. The molecule has 0 fully saturated rings. The number of carbonyl (C=O) groups is 2. The van der Waals surface area contributed by atoms with Crippen molar-refractivity contribution in [3.8, 4) is 11.1 Å².